The van der Waals surface area contributed by atoms with Crippen molar-refractivity contribution in [1.82, 2.24) is 9.79 Å². The van der Waals surface area contributed by atoms with E-state index in [-0.39, 0.29) is 43.3 Å². The van der Waals surface area contributed by atoms with E-state index in [0.717, 1.165) is 27.0 Å². The van der Waals surface area contributed by atoms with Gasteiger partial charge in [-0.25, -0.2) is 9.80 Å². The number of nitro groups is 1. The minimum atomic E-state index is -2.69. The smallest absolute Gasteiger partial charge is 0.431 e. The van der Waals surface area contributed by atoms with Gasteiger partial charge in [-0.2, -0.15) is 10.0 Å². The van der Waals surface area contributed by atoms with Gasteiger partial charge in [0.05, 0.1) is 23.5 Å². The summed E-state index contributed by atoms with van der Waals surface area (Å²) in [4.78, 5) is 36.8. The zero-order valence-electron chi connectivity index (χ0n) is 26.2. The lowest BCUT2D eigenvalue weighted by atomic mass is 9.91. The fourth-order valence-electron chi connectivity index (χ4n) is 5.96. The monoisotopic (exact) mass is 633 g/mol. The molecule has 3 unspecified atom stereocenters. The number of nitro benzene ring substituents is 1. The Balaban J connectivity index is 1.62. The standard InChI is InChI=1S/C33H40N5O6P/c1-21(2)36(22(3)4)37(33(39)43-20-30-27-12-8-6-10-25(27)26-11-7-9-13-28(26)30)45(42)44-32(16-17-34)23(5)29-18-24(19-35)14-15-31(29)38(40)41/h6-15,18,21-23,30,32,42H,16,19-20,35H2,1-5H3. The van der Waals surface area contributed by atoms with E-state index in [1.165, 1.54) is 6.07 Å². The minimum absolute atomic E-state index is 0.0344. The lowest BCUT2D eigenvalue weighted by Crippen LogP contribution is -2.51. The molecule has 11 nitrogen and oxygen atoms in total. The number of ether oxygens (including phenoxy) is 1. The molecular formula is C33H40N5O6P. The van der Waals surface area contributed by atoms with E-state index in [1.807, 2.05) is 76.2 Å². The zero-order chi connectivity index (χ0) is 32.8. The minimum Gasteiger partial charge on any atom is -0.447 e. The molecule has 3 atom stereocenters. The Morgan fingerprint density at radius 2 is 1.62 bits per heavy atom. The number of rotatable bonds is 13. The third-order valence-corrected chi connectivity index (χ3v) is 9.19. The van der Waals surface area contributed by atoms with Crippen LogP contribution in [0.3, 0.4) is 0 Å². The molecule has 0 spiro atoms. The molecule has 1 aliphatic rings. The maximum atomic E-state index is 13.9. The third-order valence-electron chi connectivity index (χ3n) is 8.03. The number of hydrogen-bond acceptors (Lipinski definition) is 9. The third kappa shape index (κ3) is 7.33. The van der Waals surface area contributed by atoms with Gasteiger partial charge in [0, 0.05) is 42.1 Å². The number of carbonyl (C=O) groups is 1. The first kappa shape index (κ1) is 34.0. The maximum absolute atomic E-state index is 13.9. The van der Waals surface area contributed by atoms with Crippen molar-refractivity contribution in [3.8, 4) is 17.2 Å². The van der Waals surface area contributed by atoms with Crippen LogP contribution in [-0.4, -0.2) is 50.5 Å². The van der Waals surface area contributed by atoms with Gasteiger partial charge in [-0.3, -0.25) is 10.1 Å². The SMILES string of the molecule is CC(c1cc(CN)ccc1[N+](=O)[O-])C(CC#N)OP(O)N(C(=O)OCC1c2ccccc2-c2ccccc21)N(C(C)C)C(C)C. The summed E-state index contributed by atoms with van der Waals surface area (Å²) in [5.74, 6) is -0.882. The van der Waals surface area contributed by atoms with Crippen LogP contribution in [0, 0.1) is 21.4 Å². The average Bonchev–Trinajstić information content (AvgIpc) is 3.34. The van der Waals surface area contributed by atoms with Gasteiger partial charge in [-0.1, -0.05) is 61.5 Å². The van der Waals surface area contributed by atoms with Gasteiger partial charge < -0.3 is 19.9 Å². The largest absolute Gasteiger partial charge is 0.447 e. The number of nitriles is 1. The first-order valence-corrected chi connectivity index (χ1v) is 16.1. The van der Waals surface area contributed by atoms with Crippen LogP contribution in [0.5, 0.6) is 0 Å². The predicted molar refractivity (Wildman–Crippen MR) is 173 cm³/mol. The van der Waals surface area contributed by atoms with Crippen molar-refractivity contribution < 1.29 is 23.9 Å². The Morgan fingerprint density at radius 1 is 1.04 bits per heavy atom. The van der Waals surface area contributed by atoms with E-state index >= 15 is 0 Å². The number of nitrogens with two attached hydrogens (primary N) is 1. The second kappa shape index (κ2) is 14.9. The van der Waals surface area contributed by atoms with Crippen molar-refractivity contribution >= 4 is 20.3 Å². The number of carbonyl (C=O) groups excluding carboxylic acids is 1. The van der Waals surface area contributed by atoms with Crippen LogP contribution in [0.1, 0.15) is 75.1 Å². The van der Waals surface area contributed by atoms with E-state index in [4.69, 9.17) is 15.0 Å². The van der Waals surface area contributed by atoms with Crippen LogP contribution in [0.15, 0.2) is 66.7 Å². The number of fused-ring (bicyclic) bond motifs is 3. The summed E-state index contributed by atoms with van der Waals surface area (Å²) in [6, 6.07) is 22.2. The molecule has 4 rings (SSSR count). The van der Waals surface area contributed by atoms with Crippen molar-refractivity contribution in [2.24, 2.45) is 5.73 Å². The molecular weight excluding hydrogens is 593 g/mol. The van der Waals surface area contributed by atoms with Crippen molar-refractivity contribution in [1.29, 1.82) is 5.26 Å². The molecule has 12 heteroatoms. The molecule has 3 N–H and O–H groups in total. The first-order chi connectivity index (χ1) is 21.5. The molecule has 0 heterocycles. The van der Waals surface area contributed by atoms with Gasteiger partial charge in [-0.15, -0.1) is 0 Å². The molecule has 238 valence electrons. The van der Waals surface area contributed by atoms with E-state index in [0.29, 0.717) is 11.1 Å². The van der Waals surface area contributed by atoms with Gasteiger partial charge in [0.1, 0.15) is 6.61 Å². The average molecular weight is 634 g/mol. The topological polar surface area (TPSA) is 155 Å². The van der Waals surface area contributed by atoms with Crippen LogP contribution in [0.2, 0.25) is 0 Å². The molecule has 0 radical (unpaired) electrons. The van der Waals surface area contributed by atoms with Gasteiger partial charge in [0.15, 0.2) is 0 Å². The Hall–Kier alpha value is -3.91. The van der Waals surface area contributed by atoms with E-state index in [1.54, 1.807) is 24.1 Å². The fraction of sp³-hybridized carbons (Fsp3) is 0.394. The normalized spacial score (nSPS) is 14.5. The molecule has 0 saturated heterocycles. The fourth-order valence-corrected chi connectivity index (χ4v) is 7.34. The summed E-state index contributed by atoms with van der Waals surface area (Å²) < 4.78 is 13.1. The van der Waals surface area contributed by atoms with Crippen molar-refractivity contribution in [3.63, 3.8) is 0 Å². The highest BCUT2D eigenvalue weighted by atomic mass is 31.2. The quantitative estimate of drug-likeness (QED) is 0.115. The Bertz CT molecular complexity index is 1510. The van der Waals surface area contributed by atoms with Crippen molar-refractivity contribution in [3.05, 3.63) is 99.1 Å². The summed E-state index contributed by atoms with van der Waals surface area (Å²) in [6.45, 7) is 9.41. The summed E-state index contributed by atoms with van der Waals surface area (Å²) in [5.41, 5.74) is 10.9. The highest BCUT2D eigenvalue weighted by Crippen LogP contribution is 2.47. The van der Waals surface area contributed by atoms with Crippen LogP contribution >= 0.6 is 8.53 Å². The molecule has 0 aromatic heterocycles. The van der Waals surface area contributed by atoms with Crippen molar-refractivity contribution in [2.45, 2.75) is 77.6 Å². The molecule has 0 aliphatic heterocycles. The summed E-state index contributed by atoms with van der Waals surface area (Å²) in [5, 5.41) is 23.2. The summed E-state index contributed by atoms with van der Waals surface area (Å²) >= 11 is 0. The number of benzene rings is 3. The first-order valence-electron chi connectivity index (χ1n) is 14.9. The van der Waals surface area contributed by atoms with Crippen LogP contribution in [0.4, 0.5) is 10.5 Å². The number of hydrazine groups is 1. The number of amides is 1. The Kier molecular flexibility index (Phi) is 11.3. The lowest BCUT2D eigenvalue weighted by Gasteiger charge is -2.41. The van der Waals surface area contributed by atoms with Crippen LogP contribution < -0.4 is 5.73 Å². The van der Waals surface area contributed by atoms with Crippen molar-refractivity contribution in [2.75, 3.05) is 6.61 Å². The molecule has 1 amide bonds. The molecule has 0 fully saturated rings. The summed E-state index contributed by atoms with van der Waals surface area (Å²) in [7, 11) is -2.69. The molecule has 3 aromatic rings. The van der Waals surface area contributed by atoms with Gasteiger partial charge in [0.25, 0.3) is 5.69 Å². The van der Waals surface area contributed by atoms with E-state index in [2.05, 4.69) is 6.07 Å². The molecule has 3 aromatic carbocycles. The number of hydrogen-bond donors (Lipinski definition) is 2. The van der Waals surface area contributed by atoms with Crippen LogP contribution in [-0.2, 0) is 15.8 Å². The van der Waals surface area contributed by atoms with Crippen LogP contribution in [0.25, 0.3) is 11.1 Å². The van der Waals surface area contributed by atoms with E-state index in [9.17, 15) is 25.1 Å². The maximum Gasteiger partial charge on any atom is 0.431 e. The highest BCUT2D eigenvalue weighted by molar-refractivity contribution is 7.44. The molecule has 1 aliphatic carbocycles. The van der Waals surface area contributed by atoms with E-state index < -0.39 is 31.6 Å². The lowest BCUT2D eigenvalue weighted by molar-refractivity contribution is -0.385. The summed E-state index contributed by atoms with van der Waals surface area (Å²) in [6.07, 6.45) is -1.97. The zero-order valence-corrected chi connectivity index (χ0v) is 27.1. The second-order valence-corrected chi connectivity index (χ2v) is 12.7. The number of nitrogens with zero attached hydrogens (tertiary/aromatic N) is 4. The van der Waals surface area contributed by atoms with Gasteiger partial charge >= 0.3 is 14.6 Å². The molecule has 0 saturated carbocycles. The molecule has 0 bridgehead atoms. The highest BCUT2D eigenvalue weighted by Gasteiger charge is 2.39. The Morgan fingerprint density at radius 3 is 2.13 bits per heavy atom. The predicted octanol–water partition coefficient (Wildman–Crippen LogP) is 6.96. The second-order valence-electron chi connectivity index (χ2n) is 11.6. The Labute approximate surface area is 265 Å². The molecule has 45 heavy (non-hydrogen) atoms. The van der Waals surface area contributed by atoms with Gasteiger partial charge in [0.2, 0.25) is 0 Å². The van der Waals surface area contributed by atoms with Gasteiger partial charge in [-0.05, 0) is 61.6 Å².